The lowest BCUT2D eigenvalue weighted by Crippen LogP contribution is -2.21. The Morgan fingerprint density at radius 1 is 1.47 bits per heavy atom. The highest BCUT2D eigenvalue weighted by atomic mass is 35.5. The fourth-order valence-electron chi connectivity index (χ4n) is 2.08. The second-order valence-corrected chi connectivity index (χ2v) is 6.98. The van der Waals surface area contributed by atoms with Crippen molar-refractivity contribution < 1.29 is 12.8 Å². The summed E-state index contributed by atoms with van der Waals surface area (Å²) >= 11 is 5.59. The summed E-state index contributed by atoms with van der Waals surface area (Å²) in [5.74, 6) is 1.89. The predicted molar refractivity (Wildman–Crippen MR) is 65.9 cm³/mol. The number of halogens is 1. The molecule has 0 N–H and O–H groups in total. The molecule has 1 aromatic rings. The standard InChI is InChI=1S/C11H16ClNO3S/c12-6-3-5-11-13-8-9(16-11)10-4-1-2-7-17(10,14)15/h8,10H,1-7H2. The molecule has 0 bridgehead atoms. The molecular weight excluding hydrogens is 262 g/mol. The molecule has 1 atom stereocenters. The average molecular weight is 278 g/mol. The third-order valence-electron chi connectivity index (χ3n) is 2.99. The van der Waals surface area contributed by atoms with Crippen molar-refractivity contribution in [2.45, 2.75) is 37.4 Å². The van der Waals surface area contributed by atoms with Gasteiger partial charge >= 0.3 is 0 Å². The first-order valence-electron chi connectivity index (χ1n) is 5.85. The summed E-state index contributed by atoms with van der Waals surface area (Å²) < 4.78 is 29.3. The molecule has 0 saturated carbocycles. The zero-order chi connectivity index (χ0) is 12.3. The molecule has 96 valence electrons. The Balaban J connectivity index is 2.13. The molecule has 2 rings (SSSR count). The number of oxazole rings is 1. The van der Waals surface area contributed by atoms with Gasteiger partial charge in [-0.2, -0.15) is 0 Å². The van der Waals surface area contributed by atoms with Gasteiger partial charge in [0.15, 0.2) is 15.7 Å². The van der Waals surface area contributed by atoms with Crippen LogP contribution in [-0.4, -0.2) is 25.0 Å². The summed E-state index contributed by atoms with van der Waals surface area (Å²) in [6, 6.07) is 0. The Kier molecular flexibility index (Phi) is 4.09. The fourth-order valence-corrected chi connectivity index (χ4v) is 4.09. The van der Waals surface area contributed by atoms with Crippen LogP contribution in [0.3, 0.4) is 0 Å². The van der Waals surface area contributed by atoms with Crippen LogP contribution in [0, 0.1) is 0 Å². The number of sulfone groups is 1. The number of hydrogen-bond acceptors (Lipinski definition) is 4. The van der Waals surface area contributed by atoms with Gasteiger partial charge in [0.2, 0.25) is 0 Å². The van der Waals surface area contributed by atoms with E-state index in [4.69, 9.17) is 16.0 Å². The number of alkyl halides is 1. The first-order chi connectivity index (χ1) is 8.13. The monoisotopic (exact) mass is 277 g/mol. The Morgan fingerprint density at radius 2 is 2.29 bits per heavy atom. The minimum absolute atomic E-state index is 0.259. The minimum atomic E-state index is -3.04. The van der Waals surface area contributed by atoms with Crippen LogP contribution in [0.4, 0.5) is 0 Å². The van der Waals surface area contributed by atoms with E-state index < -0.39 is 15.1 Å². The molecule has 1 aromatic heterocycles. The Bertz CT molecular complexity index is 469. The van der Waals surface area contributed by atoms with E-state index in [0.717, 1.165) is 19.3 Å². The quantitative estimate of drug-likeness (QED) is 0.794. The van der Waals surface area contributed by atoms with Gasteiger partial charge in [0, 0.05) is 12.3 Å². The maximum absolute atomic E-state index is 11.9. The largest absolute Gasteiger partial charge is 0.444 e. The molecule has 0 aromatic carbocycles. The Morgan fingerprint density at radius 3 is 3.00 bits per heavy atom. The van der Waals surface area contributed by atoms with E-state index in [9.17, 15) is 8.42 Å². The van der Waals surface area contributed by atoms with Crippen LogP contribution < -0.4 is 0 Å². The van der Waals surface area contributed by atoms with Crippen LogP contribution in [-0.2, 0) is 16.3 Å². The number of nitrogens with zero attached hydrogens (tertiary/aromatic N) is 1. The maximum Gasteiger partial charge on any atom is 0.194 e. The second kappa shape index (κ2) is 5.40. The summed E-state index contributed by atoms with van der Waals surface area (Å²) in [5.41, 5.74) is 0. The molecule has 1 fully saturated rings. The predicted octanol–water partition coefficient (Wildman–Crippen LogP) is 2.49. The van der Waals surface area contributed by atoms with Crippen molar-refractivity contribution in [3.05, 3.63) is 17.8 Å². The van der Waals surface area contributed by atoms with Gasteiger partial charge in [-0.3, -0.25) is 0 Å². The average Bonchev–Trinajstić information content (AvgIpc) is 2.74. The lowest BCUT2D eigenvalue weighted by atomic mass is 10.1. The molecule has 4 nitrogen and oxygen atoms in total. The third kappa shape index (κ3) is 3.01. The molecule has 1 aliphatic rings. The summed E-state index contributed by atoms with van der Waals surface area (Å²) in [5, 5.41) is -0.492. The zero-order valence-corrected chi connectivity index (χ0v) is 11.1. The molecule has 1 saturated heterocycles. The summed E-state index contributed by atoms with van der Waals surface area (Å²) in [7, 11) is -3.04. The number of aryl methyl sites for hydroxylation is 1. The van der Waals surface area contributed by atoms with E-state index in [1.807, 2.05) is 0 Å². The van der Waals surface area contributed by atoms with Gasteiger partial charge in [0.25, 0.3) is 0 Å². The molecule has 0 aliphatic carbocycles. The molecule has 2 heterocycles. The van der Waals surface area contributed by atoms with Crippen LogP contribution in [0.2, 0.25) is 0 Å². The normalized spacial score (nSPS) is 23.7. The van der Waals surface area contributed by atoms with Crippen molar-refractivity contribution in [1.82, 2.24) is 4.98 Å². The smallest absolute Gasteiger partial charge is 0.194 e. The summed E-state index contributed by atoms with van der Waals surface area (Å²) in [4.78, 5) is 4.10. The van der Waals surface area contributed by atoms with Gasteiger partial charge in [-0.25, -0.2) is 13.4 Å². The number of rotatable bonds is 4. The third-order valence-corrected chi connectivity index (χ3v) is 5.45. The van der Waals surface area contributed by atoms with Gasteiger partial charge in [0.1, 0.15) is 11.0 Å². The zero-order valence-electron chi connectivity index (χ0n) is 9.56. The van der Waals surface area contributed by atoms with Crippen LogP contribution in [0.25, 0.3) is 0 Å². The van der Waals surface area contributed by atoms with Gasteiger partial charge in [-0.05, 0) is 19.3 Å². The van der Waals surface area contributed by atoms with Crippen LogP contribution in [0.1, 0.15) is 42.6 Å². The SMILES string of the molecule is O=S1(=O)CCCCC1c1cnc(CCCCl)o1. The number of aromatic nitrogens is 1. The topological polar surface area (TPSA) is 60.2 Å². The van der Waals surface area contributed by atoms with Crippen molar-refractivity contribution in [3.8, 4) is 0 Å². The highest BCUT2D eigenvalue weighted by Gasteiger charge is 2.32. The molecule has 0 radical (unpaired) electrons. The van der Waals surface area contributed by atoms with Crippen LogP contribution >= 0.6 is 11.6 Å². The summed E-state index contributed by atoms with van der Waals surface area (Å²) in [6.07, 6.45) is 5.34. The van der Waals surface area contributed by atoms with Crippen LogP contribution in [0.15, 0.2) is 10.6 Å². The van der Waals surface area contributed by atoms with Crippen molar-refractivity contribution in [2.24, 2.45) is 0 Å². The van der Waals surface area contributed by atoms with Gasteiger partial charge in [-0.15, -0.1) is 11.6 Å². The fraction of sp³-hybridized carbons (Fsp3) is 0.727. The second-order valence-electron chi connectivity index (χ2n) is 4.30. The van der Waals surface area contributed by atoms with Crippen molar-refractivity contribution in [1.29, 1.82) is 0 Å². The minimum Gasteiger partial charge on any atom is -0.444 e. The molecule has 6 heteroatoms. The first-order valence-corrected chi connectivity index (χ1v) is 8.10. The van der Waals surface area contributed by atoms with E-state index >= 15 is 0 Å². The lowest BCUT2D eigenvalue weighted by Gasteiger charge is -2.19. The highest BCUT2D eigenvalue weighted by Crippen LogP contribution is 2.33. The Hall–Kier alpha value is -0.550. The van der Waals surface area contributed by atoms with Crippen molar-refractivity contribution in [3.63, 3.8) is 0 Å². The maximum atomic E-state index is 11.9. The van der Waals surface area contributed by atoms with E-state index in [2.05, 4.69) is 4.98 Å². The van der Waals surface area contributed by atoms with Crippen molar-refractivity contribution in [2.75, 3.05) is 11.6 Å². The Labute approximate surface area is 106 Å². The van der Waals surface area contributed by atoms with E-state index in [1.54, 1.807) is 6.20 Å². The first kappa shape index (κ1) is 12.9. The van der Waals surface area contributed by atoms with Crippen molar-refractivity contribution >= 4 is 21.4 Å². The van der Waals surface area contributed by atoms with Crippen LogP contribution in [0.5, 0.6) is 0 Å². The van der Waals surface area contributed by atoms with E-state index in [0.29, 0.717) is 30.4 Å². The molecule has 0 amide bonds. The lowest BCUT2D eigenvalue weighted by molar-refractivity contribution is 0.428. The number of hydrogen-bond donors (Lipinski definition) is 0. The van der Waals surface area contributed by atoms with E-state index in [1.165, 1.54) is 0 Å². The van der Waals surface area contributed by atoms with Gasteiger partial charge in [0.05, 0.1) is 11.9 Å². The highest BCUT2D eigenvalue weighted by molar-refractivity contribution is 7.91. The molecule has 17 heavy (non-hydrogen) atoms. The van der Waals surface area contributed by atoms with E-state index in [-0.39, 0.29) is 5.75 Å². The molecule has 0 spiro atoms. The molecule has 1 aliphatic heterocycles. The van der Waals surface area contributed by atoms with Gasteiger partial charge in [-0.1, -0.05) is 6.42 Å². The molecular formula is C11H16ClNO3S. The summed E-state index contributed by atoms with van der Waals surface area (Å²) in [6.45, 7) is 0. The van der Waals surface area contributed by atoms with Gasteiger partial charge < -0.3 is 4.42 Å². The molecule has 1 unspecified atom stereocenters.